The molecular formula is C13H11N3O2. The maximum absolute atomic E-state index is 11.3. The predicted octanol–water partition coefficient (Wildman–Crippen LogP) is 1.18. The molecule has 3 aromatic rings. The third kappa shape index (κ3) is 1.70. The number of hydrogen-bond acceptors (Lipinski definition) is 3. The summed E-state index contributed by atoms with van der Waals surface area (Å²) in [5.74, 6) is 0. The molecule has 0 aliphatic carbocycles. The zero-order valence-corrected chi connectivity index (χ0v) is 9.50. The maximum Gasteiger partial charge on any atom is 0.263 e. The van der Waals surface area contributed by atoms with Crippen LogP contribution in [0, 0.1) is 0 Å². The number of aliphatic hydroxyl groups excluding tert-OH is 1. The molecule has 0 spiro atoms. The van der Waals surface area contributed by atoms with Crippen molar-refractivity contribution in [2.45, 2.75) is 6.61 Å². The lowest BCUT2D eigenvalue weighted by Gasteiger charge is -2.03. The normalized spacial score (nSPS) is 10.9. The van der Waals surface area contributed by atoms with E-state index >= 15 is 0 Å². The largest absolute Gasteiger partial charge is 0.392 e. The maximum atomic E-state index is 11.3. The van der Waals surface area contributed by atoms with E-state index in [0.717, 1.165) is 16.8 Å². The molecule has 3 rings (SSSR count). The van der Waals surface area contributed by atoms with Crippen molar-refractivity contribution >= 4 is 5.65 Å². The summed E-state index contributed by atoms with van der Waals surface area (Å²) in [6.07, 6.45) is 1.70. The van der Waals surface area contributed by atoms with Crippen LogP contribution < -0.4 is 5.56 Å². The molecule has 0 radical (unpaired) electrons. The molecule has 90 valence electrons. The molecule has 0 amide bonds. The number of imidazole rings is 1. The molecular weight excluding hydrogens is 230 g/mol. The first-order valence-electron chi connectivity index (χ1n) is 5.55. The van der Waals surface area contributed by atoms with Gasteiger partial charge in [0.2, 0.25) is 0 Å². The van der Waals surface area contributed by atoms with Gasteiger partial charge in [0.05, 0.1) is 18.5 Å². The Bertz CT molecular complexity index is 758. The first-order valence-corrected chi connectivity index (χ1v) is 5.55. The van der Waals surface area contributed by atoms with Crippen molar-refractivity contribution in [3.05, 3.63) is 58.5 Å². The summed E-state index contributed by atoms with van der Waals surface area (Å²) in [5, 5.41) is 11.8. The van der Waals surface area contributed by atoms with E-state index in [-0.39, 0.29) is 12.2 Å². The summed E-state index contributed by atoms with van der Waals surface area (Å²) in [6, 6.07) is 10.6. The van der Waals surface area contributed by atoms with Gasteiger partial charge in [0.1, 0.15) is 0 Å². The minimum absolute atomic E-state index is 0.0128. The number of fused-ring (bicyclic) bond motifs is 1. The highest BCUT2D eigenvalue weighted by molar-refractivity contribution is 5.63. The number of nitrogens with one attached hydrogen (secondary N) is 1. The average Bonchev–Trinajstić information content (AvgIpc) is 2.81. The van der Waals surface area contributed by atoms with Crippen LogP contribution in [0.5, 0.6) is 0 Å². The molecule has 0 saturated carbocycles. The highest BCUT2D eigenvalue weighted by atomic mass is 16.3. The van der Waals surface area contributed by atoms with Crippen LogP contribution in [-0.4, -0.2) is 19.7 Å². The van der Waals surface area contributed by atoms with Crippen molar-refractivity contribution in [1.82, 2.24) is 14.6 Å². The molecule has 0 aliphatic heterocycles. The van der Waals surface area contributed by atoms with Crippen LogP contribution in [0.4, 0.5) is 0 Å². The highest BCUT2D eigenvalue weighted by Crippen LogP contribution is 2.20. The van der Waals surface area contributed by atoms with Gasteiger partial charge in [0.15, 0.2) is 5.65 Å². The van der Waals surface area contributed by atoms with Gasteiger partial charge in [-0.25, -0.2) is 9.50 Å². The van der Waals surface area contributed by atoms with Gasteiger partial charge < -0.3 is 5.11 Å². The van der Waals surface area contributed by atoms with Crippen molar-refractivity contribution in [3.63, 3.8) is 0 Å². The molecule has 5 heteroatoms. The number of hydrogen-bond donors (Lipinski definition) is 2. The number of aliphatic hydroxyl groups is 1. The molecule has 0 aliphatic rings. The topological polar surface area (TPSA) is 70.4 Å². The van der Waals surface area contributed by atoms with Gasteiger partial charge in [0.25, 0.3) is 5.56 Å². The Morgan fingerprint density at radius 2 is 2.17 bits per heavy atom. The Kier molecular flexibility index (Phi) is 2.46. The van der Waals surface area contributed by atoms with Gasteiger partial charge in [-0.1, -0.05) is 18.2 Å². The van der Waals surface area contributed by atoms with Gasteiger partial charge in [-0.05, 0) is 17.7 Å². The lowest BCUT2D eigenvalue weighted by Crippen LogP contribution is -2.09. The monoisotopic (exact) mass is 241 g/mol. The van der Waals surface area contributed by atoms with Gasteiger partial charge in [-0.3, -0.25) is 9.89 Å². The summed E-state index contributed by atoms with van der Waals surface area (Å²) in [4.78, 5) is 15.6. The number of aromatic amines is 1. The summed E-state index contributed by atoms with van der Waals surface area (Å²) >= 11 is 0. The molecule has 2 heterocycles. The van der Waals surface area contributed by atoms with Crippen LogP contribution >= 0.6 is 0 Å². The molecule has 2 aromatic heterocycles. The van der Waals surface area contributed by atoms with E-state index in [1.165, 1.54) is 6.07 Å². The van der Waals surface area contributed by atoms with E-state index in [2.05, 4.69) is 10.1 Å². The quantitative estimate of drug-likeness (QED) is 0.707. The Hall–Kier alpha value is -2.40. The summed E-state index contributed by atoms with van der Waals surface area (Å²) < 4.78 is 1.64. The average molecular weight is 241 g/mol. The third-order valence-electron chi connectivity index (χ3n) is 2.80. The molecule has 0 atom stereocenters. The summed E-state index contributed by atoms with van der Waals surface area (Å²) in [6.45, 7) is -0.0128. The second-order valence-corrected chi connectivity index (χ2v) is 4.00. The zero-order valence-electron chi connectivity index (χ0n) is 9.50. The van der Waals surface area contributed by atoms with E-state index in [1.54, 1.807) is 16.8 Å². The molecule has 5 nitrogen and oxygen atoms in total. The third-order valence-corrected chi connectivity index (χ3v) is 2.80. The summed E-state index contributed by atoms with van der Waals surface area (Å²) in [5.41, 5.74) is 3.01. The molecule has 18 heavy (non-hydrogen) atoms. The Labute approximate surface area is 102 Å². The molecule has 0 fully saturated rings. The molecule has 1 aromatic carbocycles. The standard InChI is InChI=1S/C13H11N3O2/c17-8-9-2-1-3-10(6-9)11-7-14-12-4-5-13(18)15-16(11)12/h1-7,17H,8H2,(H,15,18). The van der Waals surface area contributed by atoms with E-state index in [9.17, 15) is 4.79 Å². The van der Waals surface area contributed by atoms with Gasteiger partial charge >= 0.3 is 0 Å². The van der Waals surface area contributed by atoms with Crippen molar-refractivity contribution in [3.8, 4) is 11.3 Å². The van der Waals surface area contributed by atoms with E-state index in [1.807, 2.05) is 24.3 Å². The fraction of sp³-hybridized carbons (Fsp3) is 0.0769. The Balaban J connectivity index is 2.24. The van der Waals surface area contributed by atoms with E-state index in [4.69, 9.17) is 5.11 Å². The first kappa shape index (κ1) is 10.7. The number of aromatic nitrogens is 3. The number of H-pyrrole nitrogens is 1. The number of benzene rings is 1. The fourth-order valence-corrected chi connectivity index (χ4v) is 1.93. The molecule has 0 unspecified atom stereocenters. The summed E-state index contributed by atoms with van der Waals surface area (Å²) in [7, 11) is 0. The SMILES string of the molecule is O=c1ccc2ncc(-c3cccc(CO)c3)n2[nH]1. The number of rotatable bonds is 2. The van der Waals surface area contributed by atoms with Crippen molar-refractivity contribution < 1.29 is 5.11 Å². The van der Waals surface area contributed by atoms with Crippen LogP contribution in [0.15, 0.2) is 47.4 Å². The van der Waals surface area contributed by atoms with Crippen LogP contribution in [0.25, 0.3) is 16.9 Å². The Morgan fingerprint density at radius 1 is 1.28 bits per heavy atom. The molecule has 0 saturated heterocycles. The van der Waals surface area contributed by atoms with Gasteiger partial charge in [0, 0.05) is 11.6 Å². The van der Waals surface area contributed by atoms with Crippen molar-refractivity contribution in [1.29, 1.82) is 0 Å². The lowest BCUT2D eigenvalue weighted by molar-refractivity contribution is 0.282. The number of nitrogens with zero attached hydrogens (tertiary/aromatic N) is 2. The van der Waals surface area contributed by atoms with Gasteiger partial charge in [-0.2, -0.15) is 0 Å². The fourth-order valence-electron chi connectivity index (χ4n) is 1.93. The lowest BCUT2D eigenvalue weighted by atomic mass is 10.1. The molecule has 2 N–H and O–H groups in total. The minimum atomic E-state index is -0.180. The minimum Gasteiger partial charge on any atom is -0.392 e. The van der Waals surface area contributed by atoms with E-state index in [0.29, 0.717) is 5.65 Å². The van der Waals surface area contributed by atoms with Gasteiger partial charge in [-0.15, -0.1) is 0 Å². The van der Waals surface area contributed by atoms with Crippen molar-refractivity contribution in [2.75, 3.05) is 0 Å². The second-order valence-electron chi connectivity index (χ2n) is 4.00. The highest BCUT2D eigenvalue weighted by Gasteiger charge is 2.06. The van der Waals surface area contributed by atoms with Crippen LogP contribution in [0.3, 0.4) is 0 Å². The van der Waals surface area contributed by atoms with Crippen LogP contribution in [-0.2, 0) is 6.61 Å². The Morgan fingerprint density at radius 3 is 3.00 bits per heavy atom. The zero-order chi connectivity index (χ0) is 12.5. The second kappa shape index (κ2) is 4.12. The molecule has 0 bridgehead atoms. The first-order chi connectivity index (χ1) is 8.78. The predicted molar refractivity (Wildman–Crippen MR) is 67.2 cm³/mol. The van der Waals surface area contributed by atoms with Crippen LogP contribution in [0.1, 0.15) is 5.56 Å². The van der Waals surface area contributed by atoms with Crippen LogP contribution in [0.2, 0.25) is 0 Å². The van der Waals surface area contributed by atoms with Crippen molar-refractivity contribution in [2.24, 2.45) is 0 Å². The van der Waals surface area contributed by atoms with E-state index < -0.39 is 0 Å². The smallest absolute Gasteiger partial charge is 0.263 e.